The quantitative estimate of drug-likeness (QED) is 0.603. The number of carbonyl (C=O) groups excluding carboxylic acids is 1. The number of ether oxygens (including phenoxy) is 1. The van der Waals surface area contributed by atoms with Crippen LogP contribution in [-0.2, 0) is 9.53 Å². The maximum Gasteiger partial charge on any atom is 0.308 e. The molecule has 0 bridgehead atoms. The summed E-state index contributed by atoms with van der Waals surface area (Å²) < 4.78 is 4.92. The Labute approximate surface area is 89.0 Å². The zero-order valence-electron chi connectivity index (χ0n) is 8.78. The molecule has 1 N–H and O–H groups in total. The van der Waals surface area contributed by atoms with E-state index in [9.17, 15) is 4.79 Å². The van der Waals surface area contributed by atoms with Gasteiger partial charge >= 0.3 is 5.97 Å². The fraction of sp³-hybridized carbons (Fsp3) is 0.250. The van der Waals surface area contributed by atoms with E-state index in [1.54, 1.807) is 0 Å². The van der Waals surface area contributed by atoms with Crippen molar-refractivity contribution in [3.8, 4) is 0 Å². The van der Waals surface area contributed by atoms with Gasteiger partial charge in [-0.3, -0.25) is 4.79 Å². The summed E-state index contributed by atoms with van der Waals surface area (Å²) in [5, 5.41) is 8.74. The van der Waals surface area contributed by atoms with Gasteiger partial charge in [0.05, 0.1) is 6.61 Å². The molecule has 1 rings (SSSR count). The second-order valence-electron chi connectivity index (χ2n) is 3.12. The summed E-state index contributed by atoms with van der Waals surface area (Å²) in [7, 11) is 0. The largest absolute Gasteiger partial charge is 0.426 e. The van der Waals surface area contributed by atoms with Crippen molar-refractivity contribution in [3.05, 3.63) is 41.5 Å². The molecule has 15 heavy (non-hydrogen) atoms. The van der Waals surface area contributed by atoms with Crippen LogP contribution in [0.25, 0.3) is 5.76 Å². The molecule has 3 heteroatoms. The molecule has 0 aliphatic carbocycles. The fourth-order valence-corrected chi connectivity index (χ4v) is 1.12. The molecule has 1 aromatic rings. The molecular weight excluding hydrogens is 192 g/mol. The van der Waals surface area contributed by atoms with Crippen molar-refractivity contribution in [2.45, 2.75) is 13.8 Å². The van der Waals surface area contributed by atoms with E-state index in [2.05, 4.69) is 6.08 Å². The number of carbonyl (C=O) groups is 1. The van der Waals surface area contributed by atoms with Crippen molar-refractivity contribution in [1.82, 2.24) is 0 Å². The lowest BCUT2D eigenvalue weighted by Crippen LogP contribution is -1.99. The monoisotopic (exact) mass is 205 g/mol. The number of rotatable bonds is 3. The third-order valence-electron chi connectivity index (χ3n) is 1.80. The molecule has 0 spiro atoms. The van der Waals surface area contributed by atoms with Crippen molar-refractivity contribution in [2.75, 3.05) is 6.61 Å². The predicted molar refractivity (Wildman–Crippen MR) is 56.7 cm³/mol. The molecule has 0 aromatic heterocycles. The molecule has 0 aliphatic rings. The van der Waals surface area contributed by atoms with Gasteiger partial charge in [-0.25, -0.2) is 0 Å². The lowest BCUT2D eigenvalue weighted by Gasteiger charge is -2.06. The number of benzene rings is 1. The normalized spacial score (nSPS) is 11.3. The van der Waals surface area contributed by atoms with Crippen LogP contribution >= 0.6 is 0 Å². The fourth-order valence-electron chi connectivity index (χ4n) is 1.12. The summed E-state index contributed by atoms with van der Waals surface area (Å²) >= 11 is 0. The van der Waals surface area contributed by atoms with Crippen molar-refractivity contribution in [2.24, 2.45) is 0 Å². The third-order valence-corrected chi connectivity index (χ3v) is 1.80. The van der Waals surface area contributed by atoms with E-state index < -0.39 is 5.97 Å². The summed E-state index contributed by atoms with van der Waals surface area (Å²) in [6.07, 6.45) is 2.58. The van der Waals surface area contributed by atoms with E-state index in [1.165, 1.54) is 6.92 Å². The lowest BCUT2D eigenvalue weighted by molar-refractivity contribution is -0.134. The number of aryl methyl sites for hydroxylation is 1. The van der Waals surface area contributed by atoms with E-state index >= 15 is 0 Å². The van der Waals surface area contributed by atoms with Gasteiger partial charge in [-0.15, -0.1) is 0 Å². The highest BCUT2D eigenvalue weighted by Crippen LogP contribution is 2.16. The van der Waals surface area contributed by atoms with Gasteiger partial charge in [-0.05, 0) is 6.92 Å². The number of hydrogen-bond donors (Lipinski definition) is 1. The highest BCUT2D eigenvalue weighted by Gasteiger charge is 2.05. The number of aliphatic hydroxyl groups is 1. The zero-order valence-corrected chi connectivity index (χ0v) is 8.78. The Kier molecular flexibility index (Phi) is 4.06. The van der Waals surface area contributed by atoms with Crippen molar-refractivity contribution in [3.63, 3.8) is 0 Å². The minimum atomic E-state index is -0.425. The molecule has 1 radical (unpaired) electrons. The average molecular weight is 205 g/mol. The van der Waals surface area contributed by atoms with Crippen molar-refractivity contribution < 1.29 is 14.6 Å². The molecule has 0 saturated heterocycles. The van der Waals surface area contributed by atoms with E-state index in [0.717, 1.165) is 11.1 Å². The highest BCUT2D eigenvalue weighted by molar-refractivity contribution is 5.75. The van der Waals surface area contributed by atoms with Crippen LogP contribution in [0.2, 0.25) is 0 Å². The summed E-state index contributed by atoms with van der Waals surface area (Å²) in [6, 6.07) is 7.43. The number of esters is 1. The van der Waals surface area contributed by atoms with Gasteiger partial charge in [0.2, 0.25) is 0 Å². The summed E-state index contributed by atoms with van der Waals surface area (Å²) in [6.45, 7) is 3.00. The molecule has 0 saturated carbocycles. The molecule has 0 aliphatic heterocycles. The molecular formula is C12H13O3. The summed E-state index contributed by atoms with van der Waals surface area (Å²) in [4.78, 5) is 10.8. The van der Waals surface area contributed by atoms with E-state index in [0.29, 0.717) is 0 Å². The molecule has 1 aromatic carbocycles. The first-order valence-electron chi connectivity index (χ1n) is 4.60. The van der Waals surface area contributed by atoms with Crippen LogP contribution in [0.1, 0.15) is 18.1 Å². The smallest absolute Gasteiger partial charge is 0.308 e. The maximum atomic E-state index is 10.8. The highest BCUT2D eigenvalue weighted by atomic mass is 16.5. The summed E-state index contributed by atoms with van der Waals surface area (Å²) in [5.41, 5.74) is 1.84. The summed E-state index contributed by atoms with van der Waals surface area (Å²) in [5.74, 6) is -0.156. The SMILES string of the molecule is CC(=O)OC(=[C]CO)c1ccc(C)cc1. The Morgan fingerprint density at radius 3 is 2.47 bits per heavy atom. The van der Waals surface area contributed by atoms with Crippen LogP contribution in [0.5, 0.6) is 0 Å². The molecule has 0 fully saturated rings. The minimum Gasteiger partial charge on any atom is -0.426 e. The molecule has 0 atom stereocenters. The minimum absolute atomic E-state index is 0.269. The number of hydrogen-bond acceptors (Lipinski definition) is 3. The third kappa shape index (κ3) is 3.56. The Hall–Kier alpha value is -1.61. The van der Waals surface area contributed by atoms with E-state index in [1.807, 2.05) is 31.2 Å². The van der Waals surface area contributed by atoms with Gasteiger partial charge in [0.25, 0.3) is 0 Å². The molecule has 3 nitrogen and oxygen atoms in total. The first kappa shape index (κ1) is 11.5. The standard InChI is InChI=1S/C12H13O3/c1-9-3-5-11(6-4-9)12(7-8-13)15-10(2)14/h3-6,13H,8H2,1-2H3. The predicted octanol–water partition coefficient (Wildman–Crippen LogP) is 1.69. The van der Waals surface area contributed by atoms with Crippen LogP contribution < -0.4 is 0 Å². The molecule has 0 heterocycles. The van der Waals surface area contributed by atoms with Gasteiger partial charge in [0.15, 0.2) is 0 Å². The number of aliphatic hydroxyl groups excluding tert-OH is 1. The van der Waals surface area contributed by atoms with Gasteiger partial charge < -0.3 is 9.84 Å². The second kappa shape index (κ2) is 5.32. The topological polar surface area (TPSA) is 46.5 Å². The molecule has 0 unspecified atom stereocenters. The second-order valence-corrected chi connectivity index (χ2v) is 3.12. The van der Waals surface area contributed by atoms with Gasteiger partial charge in [0, 0.05) is 18.6 Å². The van der Waals surface area contributed by atoms with E-state index in [4.69, 9.17) is 9.84 Å². The Balaban J connectivity index is 2.94. The van der Waals surface area contributed by atoms with Crippen LogP contribution in [0.3, 0.4) is 0 Å². The zero-order chi connectivity index (χ0) is 11.3. The van der Waals surface area contributed by atoms with Crippen LogP contribution in [0.4, 0.5) is 0 Å². The van der Waals surface area contributed by atoms with Crippen LogP contribution in [0.15, 0.2) is 24.3 Å². The Bertz CT molecular complexity index is 363. The van der Waals surface area contributed by atoms with Crippen LogP contribution in [0, 0.1) is 13.0 Å². The van der Waals surface area contributed by atoms with Gasteiger partial charge in [-0.1, -0.05) is 29.8 Å². The van der Waals surface area contributed by atoms with Crippen molar-refractivity contribution in [1.29, 1.82) is 0 Å². The van der Waals surface area contributed by atoms with Gasteiger partial charge in [0.1, 0.15) is 5.76 Å². The first-order chi connectivity index (χ1) is 7.13. The Morgan fingerprint density at radius 1 is 1.40 bits per heavy atom. The van der Waals surface area contributed by atoms with Crippen molar-refractivity contribution >= 4 is 11.7 Å². The van der Waals surface area contributed by atoms with Crippen LogP contribution in [-0.4, -0.2) is 17.7 Å². The lowest BCUT2D eigenvalue weighted by atomic mass is 10.1. The average Bonchev–Trinajstić information content (AvgIpc) is 2.17. The molecule has 79 valence electrons. The first-order valence-corrected chi connectivity index (χ1v) is 4.60. The van der Waals surface area contributed by atoms with E-state index in [-0.39, 0.29) is 12.4 Å². The Morgan fingerprint density at radius 2 is 2.00 bits per heavy atom. The maximum absolute atomic E-state index is 10.8. The van der Waals surface area contributed by atoms with Gasteiger partial charge in [-0.2, -0.15) is 0 Å². The molecule has 0 amide bonds.